The second-order valence-corrected chi connectivity index (χ2v) is 4.58. The van der Waals surface area contributed by atoms with Crippen LogP contribution in [0.1, 0.15) is 37.8 Å². The van der Waals surface area contributed by atoms with Crippen molar-refractivity contribution in [2.24, 2.45) is 11.7 Å². The maximum absolute atomic E-state index is 13.1. The second kappa shape index (κ2) is 4.83. The predicted molar refractivity (Wildman–Crippen MR) is 61.8 cm³/mol. The zero-order valence-electron chi connectivity index (χ0n) is 9.58. The van der Waals surface area contributed by atoms with Gasteiger partial charge in [0.2, 0.25) is 0 Å². The molecule has 3 heteroatoms. The molecule has 1 fully saturated rings. The Labute approximate surface area is 95.6 Å². The van der Waals surface area contributed by atoms with Crippen LogP contribution in [0.25, 0.3) is 0 Å². The number of rotatable bonds is 4. The number of nitrogens with two attached hydrogens (primary N) is 1. The third-order valence-corrected chi connectivity index (χ3v) is 3.17. The van der Waals surface area contributed by atoms with Crippen LogP contribution < -0.4 is 10.5 Å². The van der Waals surface area contributed by atoms with Crippen molar-refractivity contribution in [3.05, 3.63) is 29.6 Å². The Kier molecular flexibility index (Phi) is 3.44. The summed E-state index contributed by atoms with van der Waals surface area (Å²) in [6, 6.07) is 4.43. The van der Waals surface area contributed by atoms with E-state index in [9.17, 15) is 4.39 Å². The third kappa shape index (κ3) is 2.53. The van der Waals surface area contributed by atoms with Crippen molar-refractivity contribution in [2.75, 3.05) is 6.61 Å². The number of halogens is 1. The molecule has 0 heterocycles. The van der Waals surface area contributed by atoms with Gasteiger partial charge in [0.05, 0.1) is 6.61 Å². The van der Waals surface area contributed by atoms with Crippen molar-refractivity contribution in [3.8, 4) is 5.75 Å². The quantitative estimate of drug-likeness (QED) is 0.851. The molecule has 1 aromatic rings. The molecule has 1 aliphatic carbocycles. The van der Waals surface area contributed by atoms with Crippen molar-refractivity contribution in [2.45, 2.75) is 32.2 Å². The van der Waals surface area contributed by atoms with Gasteiger partial charge in [-0.25, -0.2) is 4.39 Å². The number of hydrogen-bond donors (Lipinski definition) is 1. The molecule has 0 bridgehead atoms. The van der Waals surface area contributed by atoms with Gasteiger partial charge < -0.3 is 10.5 Å². The van der Waals surface area contributed by atoms with E-state index in [2.05, 4.69) is 0 Å². The van der Waals surface area contributed by atoms with E-state index in [0.29, 0.717) is 18.3 Å². The van der Waals surface area contributed by atoms with Gasteiger partial charge in [-0.15, -0.1) is 0 Å². The largest absolute Gasteiger partial charge is 0.493 e. The maximum atomic E-state index is 13.1. The minimum atomic E-state index is -0.270. The third-order valence-electron chi connectivity index (χ3n) is 3.17. The van der Waals surface area contributed by atoms with Crippen LogP contribution in [0.15, 0.2) is 18.2 Å². The van der Waals surface area contributed by atoms with Crippen molar-refractivity contribution < 1.29 is 9.13 Å². The van der Waals surface area contributed by atoms with E-state index in [1.165, 1.54) is 31.4 Å². The summed E-state index contributed by atoms with van der Waals surface area (Å²) in [5.41, 5.74) is 6.69. The summed E-state index contributed by atoms with van der Waals surface area (Å²) in [5, 5.41) is 0. The van der Waals surface area contributed by atoms with Gasteiger partial charge >= 0.3 is 0 Å². The van der Waals surface area contributed by atoms with E-state index in [0.717, 1.165) is 5.56 Å². The molecule has 1 aromatic carbocycles. The highest BCUT2D eigenvalue weighted by atomic mass is 19.1. The molecule has 0 amide bonds. The molecule has 0 aromatic heterocycles. The van der Waals surface area contributed by atoms with Gasteiger partial charge in [0.1, 0.15) is 11.6 Å². The molecule has 0 unspecified atom stereocenters. The standard InChI is InChI=1S/C13H18FNO/c1-9(15)12-6-5-11(14)7-13(12)16-8-10-3-2-4-10/h5-7,9-10H,2-4,8,15H2,1H3/t9-/m0/s1. The first-order valence-electron chi connectivity index (χ1n) is 5.84. The predicted octanol–water partition coefficient (Wildman–Crippen LogP) is 3.02. The minimum Gasteiger partial charge on any atom is -0.493 e. The van der Waals surface area contributed by atoms with Gasteiger partial charge in [-0.05, 0) is 31.7 Å². The maximum Gasteiger partial charge on any atom is 0.126 e. The van der Waals surface area contributed by atoms with Crippen LogP contribution >= 0.6 is 0 Å². The summed E-state index contributed by atoms with van der Waals surface area (Å²) < 4.78 is 18.8. The van der Waals surface area contributed by atoms with Crippen LogP contribution in [0.4, 0.5) is 4.39 Å². The van der Waals surface area contributed by atoms with Crippen molar-refractivity contribution in [3.63, 3.8) is 0 Å². The fraction of sp³-hybridized carbons (Fsp3) is 0.538. The lowest BCUT2D eigenvalue weighted by Crippen LogP contribution is -2.20. The molecule has 2 nitrogen and oxygen atoms in total. The molecule has 2 N–H and O–H groups in total. The Morgan fingerprint density at radius 1 is 1.50 bits per heavy atom. The molecule has 88 valence electrons. The Bertz CT molecular complexity index is 361. The van der Waals surface area contributed by atoms with E-state index < -0.39 is 0 Å². The lowest BCUT2D eigenvalue weighted by atomic mass is 9.86. The molecule has 1 saturated carbocycles. The second-order valence-electron chi connectivity index (χ2n) is 4.58. The average molecular weight is 223 g/mol. The fourth-order valence-electron chi connectivity index (χ4n) is 1.88. The van der Waals surface area contributed by atoms with E-state index in [4.69, 9.17) is 10.5 Å². The van der Waals surface area contributed by atoms with Crippen LogP contribution in [0.2, 0.25) is 0 Å². The highest BCUT2D eigenvalue weighted by Gasteiger charge is 2.19. The molecule has 0 radical (unpaired) electrons. The minimum absolute atomic E-state index is 0.128. The van der Waals surface area contributed by atoms with Gasteiger partial charge in [0.25, 0.3) is 0 Å². The Morgan fingerprint density at radius 2 is 2.25 bits per heavy atom. The molecular weight excluding hydrogens is 205 g/mol. The average Bonchev–Trinajstić information content (AvgIpc) is 2.14. The number of ether oxygens (including phenoxy) is 1. The van der Waals surface area contributed by atoms with Crippen LogP contribution in [0, 0.1) is 11.7 Å². The molecule has 1 aliphatic rings. The fourth-order valence-corrected chi connectivity index (χ4v) is 1.88. The molecule has 1 atom stereocenters. The summed E-state index contributed by atoms with van der Waals surface area (Å²) in [7, 11) is 0. The Balaban J connectivity index is 2.06. The summed E-state index contributed by atoms with van der Waals surface area (Å²) in [5.74, 6) is 0.971. The molecule has 16 heavy (non-hydrogen) atoms. The van der Waals surface area contributed by atoms with Gasteiger partial charge in [0.15, 0.2) is 0 Å². The van der Waals surface area contributed by atoms with Gasteiger partial charge in [-0.2, -0.15) is 0 Å². The molecule has 0 spiro atoms. The molecule has 0 aliphatic heterocycles. The van der Waals surface area contributed by atoms with Crippen molar-refractivity contribution in [1.82, 2.24) is 0 Å². The van der Waals surface area contributed by atoms with E-state index in [1.54, 1.807) is 6.07 Å². The van der Waals surface area contributed by atoms with Crippen LogP contribution in [-0.2, 0) is 0 Å². The zero-order valence-corrected chi connectivity index (χ0v) is 9.58. The van der Waals surface area contributed by atoms with Crippen LogP contribution in [-0.4, -0.2) is 6.61 Å². The van der Waals surface area contributed by atoms with Crippen molar-refractivity contribution >= 4 is 0 Å². The normalized spacial score (nSPS) is 17.9. The van der Waals surface area contributed by atoms with Crippen molar-refractivity contribution in [1.29, 1.82) is 0 Å². The summed E-state index contributed by atoms with van der Waals surface area (Å²) in [4.78, 5) is 0. The van der Waals surface area contributed by atoms with Gasteiger partial charge in [0, 0.05) is 17.7 Å². The molecule has 2 rings (SSSR count). The number of benzene rings is 1. The topological polar surface area (TPSA) is 35.2 Å². The zero-order chi connectivity index (χ0) is 11.5. The van der Waals surface area contributed by atoms with Crippen LogP contribution in [0.5, 0.6) is 5.75 Å². The van der Waals surface area contributed by atoms with Gasteiger partial charge in [-0.3, -0.25) is 0 Å². The number of hydrogen-bond acceptors (Lipinski definition) is 2. The SMILES string of the molecule is C[C@H](N)c1ccc(F)cc1OCC1CCC1. The van der Waals surface area contributed by atoms with E-state index in [-0.39, 0.29) is 11.9 Å². The first-order chi connectivity index (χ1) is 7.66. The molecule has 0 saturated heterocycles. The molecular formula is C13H18FNO. The van der Waals surface area contributed by atoms with E-state index in [1.807, 2.05) is 6.92 Å². The Hall–Kier alpha value is -1.09. The summed E-state index contributed by atoms with van der Waals surface area (Å²) in [6.07, 6.45) is 3.74. The lowest BCUT2D eigenvalue weighted by molar-refractivity contribution is 0.178. The Morgan fingerprint density at radius 3 is 2.81 bits per heavy atom. The first kappa shape index (κ1) is 11.4. The highest BCUT2D eigenvalue weighted by molar-refractivity contribution is 5.36. The summed E-state index contributed by atoms with van der Waals surface area (Å²) in [6.45, 7) is 2.56. The van der Waals surface area contributed by atoms with Gasteiger partial charge in [-0.1, -0.05) is 12.5 Å². The lowest BCUT2D eigenvalue weighted by Gasteiger charge is -2.26. The monoisotopic (exact) mass is 223 g/mol. The summed E-state index contributed by atoms with van der Waals surface area (Å²) >= 11 is 0. The smallest absolute Gasteiger partial charge is 0.126 e. The highest BCUT2D eigenvalue weighted by Crippen LogP contribution is 2.29. The van der Waals surface area contributed by atoms with Crippen LogP contribution in [0.3, 0.4) is 0 Å². The first-order valence-corrected chi connectivity index (χ1v) is 5.84. The van der Waals surface area contributed by atoms with E-state index >= 15 is 0 Å².